The van der Waals surface area contributed by atoms with Crippen molar-refractivity contribution in [2.45, 2.75) is 38.8 Å². The Kier molecular flexibility index (Phi) is 5.02. The van der Waals surface area contributed by atoms with Gasteiger partial charge in [-0.05, 0) is 43.0 Å². The number of nitrogens with zero attached hydrogens (tertiary/aromatic N) is 1. The molecule has 0 radical (unpaired) electrons. The van der Waals surface area contributed by atoms with Crippen LogP contribution in [0.15, 0.2) is 36.0 Å². The Morgan fingerprint density at radius 1 is 1.39 bits per heavy atom. The van der Waals surface area contributed by atoms with E-state index in [0.717, 1.165) is 13.0 Å². The minimum Gasteiger partial charge on any atom is -0.354 e. The number of hydrogen-bond donors (Lipinski definition) is 1. The molecule has 0 amide bonds. The molecule has 0 aliphatic carbocycles. The first-order valence-corrected chi connectivity index (χ1v) is 7.56. The topological polar surface area (TPSA) is 17.0 Å². The molecule has 98 valence electrons. The normalized spacial score (nSPS) is 12.8. The highest BCUT2D eigenvalue weighted by Gasteiger charge is 2.09. The summed E-state index contributed by atoms with van der Waals surface area (Å²) in [6, 6.07) is 7.07. The summed E-state index contributed by atoms with van der Waals surface area (Å²) < 4.78 is 2.30. The van der Waals surface area contributed by atoms with Crippen LogP contribution < -0.4 is 5.32 Å². The fourth-order valence-electron chi connectivity index (χ4n) is 2.27. The van der Waals surface area contributed by atoms with Crippen molar-refractivity contribution < 1.29 is 0 Å². The fourth-order valence-corrected chi connectivity index (χ4v) is 2.96. The summed E-state index contributed by atoms with van der Waals surface area (Å²) in [6.07, 6.45) is 8.02. The van der Waals surface area contributed by atoms with Gasteiger partial charge in [-0.1, -0.05) is 19.4 Å². The van der Waals surface area contributed by atoms with Crippen LogP contribution >= 0.6 is 11.3 Å². The monoisotopic (exact) mass is 262 g/mol. The summed E-state index contributed by atoms with van der Waals surface area (Å²) in [4.78, 5) is 1.46. The van der Waals surface area contributed by atoms with E-state index in [1.807, 2.05) is 18.4 Å². The van der Waals surface area contributed by atoms with E-state index in [1.54, 1.807) is 0 Å². The van der Waals surface area contributed by atoms with Gasteiger partial charge in [0, 0.05) is 29.9 Å². The van der Waals surface area contributed by atoms with E-state index in [9.17, 15) is 0 Å². The van der Waals surface area contributed by atoms with Crippen molar-refractivity contribution in [1.82, 2.24) is 9.88 Å². The predicted octanol–water partition coefficient (Wildman–Crippen LogP) is 3.85. The summed E-state index contributed by atoms with van der Waals surface area (Å²) >= 11 is 1.84. The second-order valence-electron chi connectivity index (χ2n) is 4.64. The van der Waals surface area contributed by atoms with E-state index in [2.05, 4.69) is 52.8 Å². The molecule has 1 atom stereocenters. The zero-order valence-electron chi connectivity index (χ0n) is 11.2. The molecule has 2 heterocycles. The van der Waals surface area contributed by atoms with Crippen molar-refractivity contribution in [3.8, 4) is 0 Å². The summed E-state index contributed by atoms with van der Waals surface area (Å²) in [5.41, 5.74) is 1.41. The quantitative estimate of drug-likeness (QED) is 0.802. The van der Waals surface area contributed by atoms with E-state index < -0.39 is 0 Å². The molecule has 3 heteroatoms. The molecule has 0 saturated carbocycles. The van der Waals surface area contributed by atoms with Crippen LogP contribution in [0.25, 0.3) is 0 Å². The molecule has 0 saturated heterocycles. The molecular formula is C15H22N2S. The fraction of sp³-hybridized carbons (Fsp3) is 0.467. The van der Waals surface area contributed by atoms with E-state index in [4.69, 9.17) is 0 Å². The standard InChI is InChI=1S/C15H22N2S/c1-3-5-15(16-2)13-7-9-17(12-13)10-8-14-6-4-11-18-14/h4,6-7,9,11-12,15-16H,3,5,8,10H2,1-2H3. The molecular weight excluding hydrogens is 240 g/mol. The van der Waals surface area contributed by atoms with Gasteiger partial charge in [0.25, 0.3) is 0 Å². The molecule has 0 aromatic carbocycles. The summed E-state index contributed by atoms with van der Waals surface area (Å²) in [6.45, 7) is 3.31. The average molecular weight is 262 g/mol. The van der Waals surface area contributed by atoms with Crippen molar-refractivity contribution in [1.29, 1.82) is 0 Å². The molecule has 0 bridgehead atoms. The van der Waals surface area contributed by atoms with Gasteiger partial charge < -0.3 is 9.88 Å². The van der Waals surface area contributed by atoms with Crippen LogP contribution in [0, 0.1) is 0 Å². The van der Waals surface area contributed by atoms with E-state index in [-0.39, 0.29) is 0 Å². The number of rotatable bonds is 7. The first-order chi connectivity index (χ1) is 8.83. The van der Waals surface area contributed by atoms with Crippen molar-refractivity contribution in [3.05, 3.63) is 46.4 Å². The highest BCUT2D eigenvalue weighted by Crippen LogP contribution is 2.19. The molecule has 1 unspecified atom stereocenters. The maximum absolute atomic E-state index is 3.39. The first-order valence-electron chi connectivity index (χ1n) is 6.68. The molecule has 2 aromatic rings. The molecule has 0 aliphatic rings. The van der Waals surface area contributed by atoms with Gasteiger partial charge in [0.15, 0.2) is 0 Å². The van der Waals surface area contributed by atoms with Crippen LogP contribution in [-0.4, -0.2) is 11.6 Å². The minimum absolute atomic E-state index is 0.498. The van der Waals surface area contributed by atoms with Gasteiger partial charge in [-0.15, -0.1) is 11.3 Å². The number of thiophene rings is 1. The maximum atomic E-state index is 3.39. The maximum Gasteiger partial charge on any atom is 0.0332 e. The van der Waals surface area contributed by atoms with Crippen molar-refractivity contribution in [2.75, 3.05) is 7.05 Å². The van der Waals surface area contributed by atoms with Crippen LogP contribution in [0.1, 0.15) is 36.2 Å². The minimum atomic E-state index is 0.498. The smallest absolute Gasteiger partial charge is 0.0332 e. The van der Waals surface area contributed by atoms with Crippen molar-refractivity contribution in [3.63, 3.8) is 0 Å². The second kappa shape index (κ2) is 6.76. The summed E-state index contributed by atoms with van der Waals surface area (Å²) in [5.74, 6) is 0. The second-order valence-corrected chi connectivity index (χ2v) is 5.67. The number of aryl methyl sites for hydroxylation is 2. The van der Waals surface area contributed by atoms with E-state index >= 15 is 0 Å². The van der Waals surface area contributed by atoms with Gasteiger partial charge in [-0.2, -0.15) is 0 Å². The third-order valence-corrected chi connectivity index (χ3v) is 4.23. The lowest BCUT2D eigenvalue weighted by Crippen LogP contribution is -2.15. The summed E-state index contributed by atoms with van der Waals surface area (Å²) in [7, 11) is 2.04. The average Bonchev–Trinajstić information content (AvgIpc) is 3.04. The zero-order valence-corrected chi connectivity index (χ0v) is 12.0. The molecule has 2 rings (SSSR count). The van der Waals surface area contributed by atoms with Crippen LogP contribution in [0.4, 0.5) is 0 Å². The Balaban J connectivity index is 1.92. The van der Waals surface area contributed by atoms with Crippen molar-refractivity contribution >= 4 is 11.3 Å². The van der Waals surface area contributed by atoms with Gasteiger partial charge in [0.1, 0.15) is 0 Å². The van der Waals surface area contributed by atoms with Crippen LogP contribution in [0.5, 0.6) is 0 Å². The van der Waals surface area contributed by atoms with Crippen LogP contribution in [0.2, 0.25) is 0 Å². The Morgan fingerprint density at radius 2 is 2.28 bits per heavy atom. The van der Waals surface area contributed by atoms with Crippen LogP contribution in [0.3, 0.4) is 0 Å². The number of nitrogens with one attached hydrogen (secondary N) is 1. The lowest BCUT2D eigenvalue weighted by molar-refractivity contribution is 0.540. The Bertz CT molecular complexity index is 445. The van der Waals surface area contributed by atoms with Gasteiger partial charge >= 0.3 is 0 Å². The van der Waals surface area contributed by atoms with Gasteiger partial charge in [-0.25, -0.2) is 0 Å². The zero-order chi connectivity index (χ0) is 12.8. The third-order valence-electron chi connectivity index (χ3n) is 3.30. The molecule has 1 N–H and O–H groups in total. The summed E-state index contributed by atoms with van der Waals surface area (Å²) in [5, 5.41) is 5.54. The molecule has 2 aromatic heterocycles. The number of hydrogen-bond acceptors (Lipinski definition) is 2. The van der Waals surface area contributed by atoms with Gasteiger partial charge in [0.05, 0.1) is 0 Å². The lowest BCUT2D eigenvalue weighted by Gasteiger charge is -2.13. The Morgan fingerprint density at radius 3 is 2.94 bits per heavy atom. The Hall–Kier alpha value is -1.06. The lowest BCUT2D eigenvalue weighted by atomic mass is 10.1. The van der Waals surface area contributed by atoms with Crippen molar-refractivity contribution in [2.24, 2.45) is 0 Å². The Labute approximate surface area is 114 Å². The highest BCUT2D eigenvalue weighted by atomic mass is 32.1. The molecule has 2 nitrogen and oxygen atoms in total. The largest absolute Gasteiger partial charge is 0.354 e. The molecule has 0 spiro atoms. The molecule has 0 fully saturated rings. The first kappa shape index (κ1) is 13.4. The van der Waals surface area contributed by atoms with Gasteiger partial charge in [0.2, 0.25) is 0 Å². The third kappa shape index (κ3) is 3.47. The van der Waals surface area contributed by atoms with E-state index in [0.29, 0.717) is 6.04 Å². The SMILES string of the molecule is CCCC(NC)c1ccn(CCc2cccs2)c1. The molecule has 18 heavy (non-hydrogen) atoms. The van der Waals surface area contributed by atoms with Crippen LogP contribution in [-0.2, 0) is 13.0 Å². The molecule has 0 aliphatic heterocycles. The van der Waals surface area contributed by atoms with E-state index in [1.165, 1.54) is 23.3 Å². The number of aromatic nitrogens is 1. The van der Waals surface area contributed by atoms with Gasteiger partial charge in [-0.3, -0.25) is 0 Å². The predicted molar refractivity (Wildman–Crippen MR) is 79.2 cm³/mol. The highest BCUT2D eigenvalue weighted by molar-refractivity contribution is 7.09.